The van der Waals surface area contributed by atoms with Gasteiger partial charge in [-0.05, 0) is 6.92 Å². The quantitative estimate of drug-likeness (QED) is 0.558. The molecule has 0 bridgehead atoms. The van der Waals surface area contributed by atoms with Gasteiger partial charge in [0.2, 0.25) is 5.91 Å². The fourth-order valence-electron chi connectivity index (χ4n) is 0.643. The van der Waals surface area contributed by atoms with E-state index in [0.29, 0.717) is 5.57 Å². The summed E-state index contributed by atoms with van der Waals surface area (Å²) in [5.41, 5.74) is 0.715. The van der Waals surface area contributed by atoms with Crippen LogP contribution < -0.4 is 5.32 Å². The number of hydrogen-bond acceptors (Lipinski definition) is 2. The number of likely N-dealkylation sites (N-methyl/N-ethyl adjacent to an activating group) is 1. The van der Waals surface area contributed by atoms with Gasteiger partial charge in [0.15, 0.2) is 0 Å². The highest BCUT2D eigenvalue weighted by Crippen LogP contribution is 1.91. The van der Waals surface area contributed by atoms with Gasteiger partial charge in [-0.3, -0.25) is 4.79 Å². The maximum Gasteiger partial charge on any atom is 0.248 e. The maximum absolute atomic E-state index is 10.8. The normalized spacial score (nSPS) is 11.0. The molecular formula is C7H14N2O. The fraction of sp³-hybridized carbons (Fsp3) is 0.571. The number of amides is 1. The van der Waals surface area contributed by atoms with Crippen molar-refractivity contribution >= 4 is 5.91 Å². The van der Waals surface area contributed by atoms with Crippen molar-refractivity contribution in [3.8, 4) is 0 Å². The molecular weight excluding hydrogens is 128 g/mol. The Morgan fingerprint density at radius 2 is 2.00 bits per heavy atom. The van der Waals surface area contributed by atoms with Gasteiger partial charge < -0.3 is 10.2 Å². The van der Waals surface area contributed by atoms with Crippen molar-refractivity contribution in [1.82, 2.24) is 10.2 Å². The summed E-state index contributed by atoms with van der Waals surface area (Å²) in [5, 5.41) is 2.54. The van der Waals surface area contributed by atoms with Crippen LogP contribution in [0.2, 0.25) is 0 Å². The van der Waals surface area contributed by atoms with E-state index < -0.39 is 0 Å². The van der Waals surface area contributed by atoms with E-state index in [1.54, 1.807) is 20.2 Å². The number of carbonyl (C=O) groups excluding carboxylic acids is 1. The summed E-state index contributed by atoms with van der Waals surface area (Å²) in [5.74, 6) is -0.0336. The molecule has 0 aromatic rings. The van der Waals surface area contributed by atoms with Crippen LogP contribution in [-0.2, 0) is 4.79 Å². The van der Waals surface area contributed by atoms with Gasteiger partial charge in [-0.1, -0.05) is 0 Å². The lowest BCUT2D eigenvalue weighted by molar-refractivity contribution is -0.117. The zero-order valence-electron chi connectivity index (χ0n) is 6.93. The molecule has 0 unspecified atom stereocenters. The van der Waals surface area contributed by atoms with E-state index in [1.165, 1.54) is 0 Å². The molecule has 1 N–H and O–H groups in total. The van der Waals surface area contributed by atoms with Crippen LogP contribution in [0.25, 0.3) is 0 Å². The minimum atomic E-state index is -0.0336. The number of hydrogen-bond donors (Lipinski definition) is 1. The van der Waals surface area contributed by atoms with Gasteiger partial charge in [-0.15, -0.1) is 0 Å². The Labute approximate surface area is 61.7 Å². The highest BCUT2D eigenvalue weighted by Gasteiger charge is 1.98. The third kappa shape index (κ3) is 3.12. The predicted octanol–water partition coefficient (Wildman–Crippen LogP) is 0.198. The second-order valence-corrected chi connectivity index (χ2v) is 2.35. The molecule has 0 atom stereocenters. The number of nitrogens with zero attached hydrogens (tertiary/aromatic N) is 1. The van der Waals surface area contributed by atoms with Gasteiger partial charge in [0.1, 0.15) is 0 Å². The topological polar surface area (TPSA) is 32.3 Å². The van der Waals surface area contributed by atoms with Crippen LogP contribution in [0.5, 0.6) is 0 Å². The van der Waals surface area contributed by atoms with Crippen LogP contribution in [0.1, 0.15) is 6.92 Å². The summed E-state index contributed by atoms with van der Waals surface area (Å²) in [4.78, 5) is 12.7. The Morgan fingerprint density at radius 1 is 1.50 bits per heavy atom. The van der Waals surface area contributed by atoms with Gasteiger partial charge in [-0.2, -0.15) is 0 Å². The summed E-state index contributed by atoms with van der Waals surface area (Å²) >= 11 is 0. The van der Waals surface area contributed by atoms with Gasteiger partial charge in [-0.25, -0.2) is 0 Å². The molecule has 3 heteroatoms. The lowest BCUT2D eigenvalue weighted by Gasteiger charge is -2.06. The molecule has 0 aromatic heterocycles. The lowest BCUT2D eigenvalue weighted by atomic mass is 10.3. The smallest absolute Gasteiger partial charge is 0.248 e. The molecule has 0 saturated heterocycles. The standard InChI is InChI=1S/C7H14N2O/c1-6(5-9(3)4)7(10)8-2/h5H,1-4H3,(H,8,10). The van der Waals surface area contributed by atoms with Crippen LogP contribution in [-0.4, -0.2) is 32.0 Å². The molecule has 0 aliphatic rings. The molecule has 10 heavy (non-hydrogen) atoms. The van der Waals surface area contributed by atoms with E-state index in [1.807, 2.05) is 19.0 Å². The maximum atomic E-state index is 10.8. The van der Waals surface area contributed by atoms with Crippen molar-refractivity contribution in [3.05, 3.63) is 11.8 Å². The Morgan fingerprint density at radius 3 is 2.30 bits per heavy atom. The second kappa shape index (κ2) is 3.93. The zero-order chi connectivity index (χ0) is 8.15. The lowest BCUT2D eigenvalue weighted by Crippen LogP contribution is -2.20. The van der Waals surface area contributed by atoms with Crippen molar-refractivity contribution in [1.29, 1.82) is 0 Å². The molecule has 0 fully saturated rings. The second-order valence-electron chi connectivity index (χ2n) is 2.35. The van der Waals surface area contributed by atoms with E-state index in [9.17, 15) is 4.79 Å². The number of nitrogens with one attached hydrogen (secondary N) is 1. The first-order chi connectivity index (χ1) is 4.57. The largest absolute Gasteiger partial charge is 0.383 e. The summed E-state index contributed by atoms with van der Waals surface area (Å²) in [6.45, 7) is 1.78. The van der Waals surface area contributed by atoms with Gasteiger partial charge in [0.25, 0.3) is 0 Å². The summed E-state index contributed by atoms with van der Waals surface area (Å²) in [6.07, 6.45) is 1.78. The number of carbonyl (C=O) groups is 1. The first-order valence-electron chi connectivity index (χ1n) is 3.15. The molecule has 0 spiro atoms. The summed E-state index contributed by atoms with van der Waals surface area (Å²) in [6, 6.07) is 0. The molecule has 0 aliphatic carbocycles. The molecule has 0 aliphatic heterocycles. The molecule has 0 heterocycles. The Hall–Kier alpha value is -0.990. The van der Waals surface area contributed by atoms with Crippen molar-refractivity contribution in [3.63, 3.8) is 0 Å². The molecule has 58 valence electrons. The predicted molar refractivity (Wildman–Crippen MR) is 41.5 cm³/mol. The molecule has 0 rings (SSSR count). The van der Waals surface area contributed by atoms with E-state index in [-0.39, 0.29) is 5.91 Å². The van der Waals surface area contributed by atoms with Crippen LogP contribution in [0.4, 0.5) is 0 Å². The Balaban J connectivity index is 4.05. The van der Waals surface area contributed by atoms with Crippen LogP contribution in [0.15, 0.2) is 11.8 Å². The Bertz CT molecular complexity index is 150. The monoisotopic (exact) mass is 142 g/mol. The molecule has 0 saturated carbocycles. The summed E-state index contributed by atoms with van der Waals surface area (Å²) < 4.78 is 0. The average molecular weight is 142 g/mol. The zero-order valence-corrected chi connectivity index (χ0v) is 6.93. The minimum Gasteiger partial charge on any atom is -0.383 e. The van der Waals surface area contributed by atoms with E-state index in [4.69, 9.17) is 0 Å². The SMILES string of the molecule is CNC(=O)C(C)=CN(C)C. The van der Waals surface area contributed by atoms with Gasteiger partial charge >= 0.3 is 0 Å². The van der Waals surface area contributed by atoms with Gasteiger partial charge in [0, 0.05) is 32.9 Å². The van der Waals surface area contributed by atoms with Crippen LogP contribution in [0.3, 0.4) is 0 Å². The van der Waals surface area contributed by atoms with Gasteiger partial charge in [0.05, 0.1) is 0 Å². The third-order valence-electron chi connectivity index (χ3n) is 1.04. The van der Waals surface area contributed by atoms with Crippen LogP contribution in [0, 0.1) is 0 Å². The highest BCUT2D eigenvalue weighted by atomic mass is 16.1. The fourth-order valence-corrected chi connectivity index (χ4v) is 0.643. The Kier molecular flexibility index (Phi) is 3.54. The first-order valence-corrected chi connectivity index (χ1v) is 3.15. The van der Waals surface area contributed by atoms with E-state index in [2.05, 4.69) is 5.32 Å². The molecule has 1 amide bonds. The van der Waals surface area contributed by atoms with Crippen molar-refractivity contribution < 1.29 is 4.79 Å². The number of rotatable bonds is 2. The highest BCUT2D eigenvalue weighted by molar-refractivity contribution is 5.92. The third-order valence-corrected chi connectivity index (χ3v) is 1.04. The van der Waals surface area contributed by atoms with Crippen molar-refractivity contribution in [2.24, 2.45) is 0 Å². The first kappa shape index (κ1) is 9.01. The molecule has 0 radical (unpaired) electrons. The molecule has 0 aromatic carbocycles. The van der Waals surface area contributed by atoms with Crippen LogP contribution >= 0.6 is 0 Å². The van der Waals surface area contributed by atoms with Crippen molar-refractivity contribution in [2.75, 3.05) is 21.1 Å². The van der Waals surface area contributed by atoms with E-state index >= 15 is 0 Å². The van der Waals surface area contributed by atoms with E-state index in [0.717, 1.165) is 0 Å². The summed E-state index contributed by atoms with van der Waals surface area (Å²) in [7, 11) is 5.38. The van der Waals surface area contributed by atoms with Crippen molar-refractivity contribution in [2.45, 2.75) is 6.92 Å². The average Bonchev–Trinajstić information content (AvgIpc) is 1.85. The minimum absolute atomic E-state index is 0.0336. The molecule has 3 nitrogen and oxygen atoms in total.